The number of rotatable bonds is 8. The number of benzene rings is 1. The summed E-state index contributed by atoms with van der Waals surface area (Å²) in [5.41, 5.74) is 4.22. The summed E-state index contributed by atoms with van der Waals surface area (Å²) in [6, 6.07) is 6.63. The highest BCUT2D eigenvalue weighted by atomic mass is 16.5. The first-order valence-corrected chi connectivity index (χ1v) is 7.54. The molecule has 0 spiro atoms. The Bertz CT molecular complexity index is 409. The number of fused-ring (bicyclic) bond motifs is 1. The summed E-state index contributed by atoms with van der Waals surface area (Å²) in [4.78, 5) is 2.29. The first-order valence-electron chi connectivity index (χ1n) is 7.54. The minimum absolute atomic E-state index is 0.798. The standard InChI is InChI=1S/C16H27N3O/c1-19(11-12-20-2)10-9-17-13-15-6-3-5-14-7-4-8-18-16(14)15/h3,5-6,17-18H,4,7-13H2,1-2H3. The Labute approximate surface area is 122 Å². The molecule has 0 unspecified atom stereocenters. The van der Waals surface area contributed by atoms with Gasteiger partial charge in [0.2, 0.25) is 0 Å². The zero-order valence-electron chi connectivity index (χ0n) is 12.7. The van der Waals surface area contributed by atoms with E-state index in [1.165, 1.54) is 29.7 Å². The van der Waals surface area contributed by atoms with Crippen LogP contribution in [0, 0.1) is 0 Å². The van der Waals surface area contributed by atoms with Crippen LogP contribution in [0.15, 0.2) is 18.2 Å². The lowest BCUT2D eigenvalue weighted by Crippen LogP contribution is -2.31. The van der Waals surface area contributed by atoms with Gasteiger partial charge in [-0.1, -0.05) is 18.2 Å². The average Bonchev–Trinajstić information content (AvgIpc) is 2.49. The van der Waals surface area contributed by atoms with Gasteiger partial charge in [-0.05, 0) is 31.0 Å². The van der Waals surface area contributed by atoms with Gasteiger partial charge in [-0.25, -0.2) is 0 Å². The smallest absolute Gasteiger partial charge is 0.0589 e. The molecule has 4 nitrogen and oxygen atoms in total. The zero-order valence-corrected chi connectivity index (χ0v) is 12.7. The van der Waals surface area contributed by atoms with Crippen molar-refractivity contribution < 1.29 is 4.74 Å². The van der Waals surface area contributed by atoms with Gasteiger partial charge >= 0.3 is 0 Å². The molecular formula is C16H27N3O. The predicted octanol–water partition coefficient (Wildman–Crippen LogP) is 1.71. The predicted molar refractivity (Wildman–Crippen MR) is 84.3 cm³/mol. The Kier molecular flexibility index (Phi) is 6.30. The van der Waals surface area contributed by atoms with E-state index in [1.54, 1.807) is 7.11 Å². The molecule has 0 radical (unpaired) electrons. The number of hydrogen-bond acceptors (Lipinski definition) is 4. The highest BCUT2D eigenvalue weighted by Gasteiger charge is 2.11. The maximum Gasteiger partial charge on any atom is 0.0589 e. The SMILES string of the molecule is COCCN(C)CCNCc1cccc2c1NCCC2. The molecule has 112 valence electrons. The van der Waals surface area contributed by atoms with E-state index >= 15 is 0 Å². The lowest BCUT2D eigenvalue weighted by atomic mass is 9.99. The number of ether oxygens (including phenoxy) is 1. The maximum atomic E-state index is 5.08. The van der Waals surface area contributed by atoms with Gasteiger partial charge in [0, 0.05) is 45.5 Å². The Morgan fingerprint density at radius 1 is 1.35 bits per heavy atom. The van der Waals surface area contributed by atoms with Crippen LogP contribution < -0.4 is 10.6 Å². The molecule has 4 heteroatoms. The van der Waals surface area contributed by atoms with Gasteiger partial charge in [-0.3, -0.25) is 0 Å². The fraction of sp³-hybridized carbons (Fsp3) is 0.625. The monoisotopic (exact) mass is 277 g/mol. The Morgan fingerprint density at radius 3 is 3.10 bits per heavy atom. The van der Waals surface area contributed by atoms with E-state index < -0.39 is 0 Å². The van der Waals surface area contributed by atoms with Crippen LogP contribution in [0.25, 0.3) is 0 Å². The molecule has 1 heterocycles. The number of para-hydroxylation sites is 1. The summed E-state index contributed by atoms with van der Waals surface area (Å²) in [6.07, 6.45) is 2.45. The maximum absolute atomic E-state index is 5.08. The van der Waals surface area contributed by atoms with Crippen molar-refractivity contribution in [3.05, 3.63) is 29.3 Å². The number of aryl methyl sites for hydroxylation is 1. The van der Waals surface area contributed by atoms with Crippen LogP contribution in [0.4, 0.5) is 5.69 Å². The Balaban J connectivity index is 1.74. The van der Waals surface area contributed by atoms with E-state index in [1.807, 2.05) is 0 Å². The second kappa shape index (κ2) is 8.25. The number of anilines is 1. The molecule has 1 aromatic carbocycles. The van der Waals surface area contributed by atoms with Crippen molar-refractivity contribution in [1.29, 1.82) is 0 Å². The van der Waals surface area contributed by atoms with Gasteiger partial charge in [0.05, 0.1) is 6.61 Å². The van der Waals surface area contributed by atoms with Crippen molar-refractivity contribution in [2.24, 2.45) is 0 Å². The normalized spacial score (nSPS) is 14.2. The summed E-state index contributed by atoms with van der Waals surface area (Å²) in [6.45, 7) is 5.88. The molecular weight excluding hydrogens is 250 g/mol. The van der Waals surface area contributed by atoms with Crippen molar-refractivity contribution in [3.63, 3.8) is 0 Å². The van der Waals surface area contributed by atoms with Gasteiger partial charge in [0.15, 0.2) is 0 Å². The number of nitrogens with zero attached hydrogens (tertiary/aromatic N) is 1. The number of likely N-dealkylation sites (N-methyl/N-ethyl adjacent to an activating group) is 1. The molecule has 2 N–H and O–H groups in total. The highest BCUT2D eigenvalue weighted by Crippen LogP contribution is 2.25. The molecule has 0 saturated carbocycles. The van der Waals surface area contributed by atoms with Crippen molar-refractivity contribution in [1.82, 2.24) is 10.2 Å². The van der Waals surface area contributed by atoms with Crippen molar-refractivity contribution >= 4 is 5.69 Å². The summed E-state index contributed by atoms with van der Waals surface area (Å²) >= 11 is 0. The fourth-order valence-electron chi connectivity index (χ4n) is 2.58. The Morgan fingerprint density at radius 2 is 2.25 bits per heavy atom. The minimum atomic E-state index is 0.798. The van der Waals surface area contributed by atoms with E-state index in [0.717, 1.165) is 39.3 Å². The van der Waals surface area contributed by atoms with Gasteiger partial charge in [-0.15, -0.1) is 0 Å². The van der Waals surface area contributed by atoms with Crippen LogP contribution >= 0.6 is 0 Å². The van der Waals surface area contributed by atoms with Crippen LogP contribution in [0.1, 0.15) is 17.5 Å². The molecule has 0 amide bonds. The van der Waals surface area contributed by atoms with Gasteiger partial charge in [0.25, 0.3) is 0 Å². The quantitative estimate of drug-likeness (QED) is 0.709. The number of hydrogen-bond donors (Lipinski definition) is 2. The molecule has 0 fully saturated rings. The average molecular weight is 277 g/mol. The summed E-state index contributed by atoms with van der Waals surface area (Å²) in [5.74, 6) is 0. The van der Waals surface area contributed by atoms with Gasteiger partial charge in [0.1, 0.15) is 0 Å². The van der Waals surface area contributed by atoms with Crippen LogP contribution in [0.2, 0.25) is 0 Å². The molecule has 1 aliphatic rings. The molecule has 1 aliphatic heterocycles. The first-order chi connectivity index (χ1) is 9.81. The fourth-order valence-corrected chi connectivity index (χ4v) is 2.58. The topological polar surface area (TPSA) is 36.5 Å². The lowest BCUT2D eigenvalue weighted by molar-refractivity contribution is 0.161. The van der Waals surface area contributed by atoms with Crippen molar-refractivity contribution in [3.8, 4) is 0 Å². The second-order valence-electron chi connectivity index (χ2n) is 5.45. The molecule has 0 aliphatic carbocycles. The number of methoxy groups -OCH3 is 1. The van der Waals surface area contributed by atoms with E-state index in [2.05, 4.69) is 40.8 Å². The molecule has 0 atom stereocenters. The van der Waals surface area contributed by atoms with Gasteiger partial charge in [-0.2, -0.15) is 0 Å². The van der Waals surface area contributed by atoms with Crippen LogP contribution in [-0.4, -0.2) is 51.8 Å². The molecule has 2 rings (SSSR count). The van der Waals surface area contributed by atoms with E-state index in [-0.39, 0.29) is 0 Å². The third-order valence-corrected chi connectivity index (χ3v) is 3.82. The van der Waals surface area contributed by atoms with E-state index in [0.29, 0.717) is 0 Å². The summed E-state index contributed by atoms with van der Waals surface area (Å²) < 4.78 is 5.08. The summed E-state index contributed by atoms with van der Waals surface area (Å²) in [5, 5.41) is 7.08. The third-order valence-electron chi connectivity index (χ3n) is 3.82. The van der Waals surface area contributed by atoms with Gasteiger partial charge < -0.3 is 20.3 Å². The highest BCUT2D eigenvalue weighted by molar-refractivity contribution is 5.59. The van der Waals surface area contributed by atoms with Crippen LogP contribution in [0.3, 0.4) is 0 Å². The molecule has 1 aromatic rings. The Hall–Kier alpha value is -1.10. The largest absolute Gasteiger partial charge is 0.385 e. The first kappa shape index (κ1) is 15.3. The zero-order chi connectivity index (χ0) is 14.2. The van der Waals surface area contributed by atoms with Crippen molar-refractivity contribution in [2.75, 3.05) is 52.3 Å². The molecule has 0 saturated heterocycles. The third kappa shape index (κ3) is 4.47. The van der Waals surface area contributed by atoms with E-state index in [4.69, 9.17) is 4.74 Å². The summed E-state index contributed by atoms with van der Waals surface area (Å²) in [7, 11) is 3.88. The molecule has 0 aromatic heterocycles. The van der Waals surface area contributed by atoms with Crippen LogP contribution in [-0.2, 0) is 17.7 Å². The number of nitrogens with one attached hydrogen (secondary N) is 2. The van der Waals surface area contributed by atoms with E-state index in [9.17, 15) is 0 Å². The molecule has 20 heavy (non-hydrogen) atoms. The minimum Gasteiger partial charge on any atom is -0.385 e. The lowest BCUT2D eigenvalue weighted by Gasteiger charge is -2.22. The second-order valence-corrected chi connectivity index (χ2v) is 5.45. The molecule has 0 bridgehead atoms. The van der Waals surface area contributed by atoms with Crippen LogP contribution in [0.5, 0.6) is 0 Å². The van der Waals surface area contributed by atoms with Crippen molar-refractivity contribution in [2.45, 2.75) is 19.4 Å².